The first-order valence-corrected chi connectivity index (χ1v) is 7.77. The van der Waals surface area contributed by atoms with Crippen molar-refractivity contribution in [2.45, 2.75) is 38.2 Å². The van der Waals surface area contributed by atoms with Crippen molar-refractivity contribution in [2.75, 3.05) is 19.5 Å². The van der Waals surface area contributed by atoms with Gasteiger partial charge in [-0.25, -0.2) is 4.79 Å². The first-order chi connectivity index (χ1) is 11.0. The Labute approximate surface area is 135 Å². The molecule has 0 aliphatic heterocycles. The molecule has 6 nitrogen and oxygen atoms in total. The molecule has 0 saturated heterocycles. The maximum atomic E-state index is 12.2. The average molecular weight is 321 g/mol. The summed E-state index contributed by atoms with van der Waals surface area (Å²) in [6.07, 6.45) is 4.78. The Bertz CT molecular complexity index is 572. The Morgan fingerprint density at radius 1 is 1.30 bits per heavy atom. The van der Waals surface area contributed by atoms with E-state index >= 15 is 0 Å². The van der Waals surface area contributed by atoms with Crippen molar-refractivity contribution in [2.24, 2.45) is 5.92 Å². The lowest BCUT2D eigenvalue weighted by Gasteiger charge is -2.27. The summed E-state index contributed by atoms with van der Waals surface area (Å²) in [6.45, 7) is 0. The number of aromatic carboxylic acids is 1. The number of methoxy groups -OCH3 is 2. The first kappa shape index (κ1) is 17.3. The Morgan fingerprint density at radius 3 is 2.74 bits per heavy atom. The van der Waals surface area contributed by atoms with Gasteiger partial charge in [-0.05, 0) is 37.3 Å². The number of nitrogens with one attached hydrogen (secondary N) is 1. The van der Waals surface area contributed by atoms with Crippen molar-refractivity contribution >= 4 is 17.6 Å². The lowest BCUT2D eigenvalue weighted by atomic mass is 9.85. The zero-order valence-corrected chi connectivity index (χ0v) is 13.5. The van der Waals surface area contributed by atoms with Gasteiger partial charge in [-0.2, -0.15) is 0 Å². The predicted octanol–water partition coefficient (Wildman–Crippen LogP) is 2.93. The second-order valence-corrected chi connectivity index (χ2v) is 5.86. The Kier molecular flexibility index (Phi) is 5.98. The minimum atomic E-state index is -1.06. The number of benzene rings is 1. The standard InChI is InChI=1S/C17H23NO5/c1-22-13-5-3-4-11(8-13)9-16(19)18-12-6-7-14(17(20)21)15(10-12)23-2/h6-7,10-11,13H,3-5,8-9H2,1-2H3,(H,18,19)(H,20,21). The number of hydrogen-bond acceptors (Lipinski definition) is 4. The third-order valence-electron chi connectivity index (χ3n) is 4.26. The van der Waals surface area contributed by atoms with Gasteiger partial charge in [0, 0.05) is 25.3 Å². The molecule has 1 fully saturated rings. The van der Waals surface area contributed by atoms with E-state index in [4.69, 9.17) is 14.6 Å². The van der Waals surface area contributed by atoms with E-state index in [0.717, 1.165) is 25.7 Å². The fraction of sp³-hybridized carbons (Fsp3) is 0.529. The van der Waals surface area contributed by atoms with Crippen molar-refractivity contribution in [3.8, 4) is 5.75 Å². The van der Waals surface area contributed by atoms with Crippen LogP contribution >= 0.6 is 0 Å². The summed E-state index contributed by atoms with van der Waals surface area (Å²) in [5.74, 6) is -0.578. The molecule has 1 aromatic carbocycles. The summed E-state index contributed by atoms with van der Waals surface area (Å²) in [5, 5.41) is 11.9. The van der Waals surface area contributed by atoms with Gasteiger partial charge in [-0.1, -0.05) is 6.42 Å². The van der Waals surface area contributed by atoms with E-state index < -0.39 is 5.97 Å². The highest BCUT2D eigenvalue weighted by Gasteiger charge is 2.24. The van der Waals surface area contributed by atoms with Crippen LogP contribution in [0.4, 0.5) is 5.69 Å². The van der Waals surface area contributed by atoms with E-state index in [0.29, 0.717) is 18.0 Å². The molecule has 0 bridgehead atoms. The van der Waals surface area contributed by atoms with Crippen molar-refractivity contribution in [3.05, 3.63) is 23.8 Å². The van der Waals surface area contributed by atoms with E-state index in [-0.39, 0.29) is 23.3 Å². The molecule has 1 aliphatic rings. The van der Waals surface area contributed by atoms with Crippen molar-refractivity contribution in [1.82, 2.24) is 0 Å². The normalized spacial score (nSPS) is 20.8. The molecule has 1 aliphatic carbocycles. The van der Waals surface area contributed by atoms with Gasteiger partial charge in [0.15, 0.2) is 0 Å². The largest absolute Gasteiger partial charge is 0.496 e. The number of ether oxygens (including phenoxy) is 2. The van der Waals surface area contributed by atoms with Crippen molar-refractivity contribution < 1.29 is 24.2 Å². The fourth-order valence-corrected chi connectivity index (χ4v) is 3.06. The number of amides is 1. The molecule has 1 amide bonds. The van der Waals surface area contributed by atoms with Gasteiger partial charge in [0.1, 0.15) is 11.3 Å². The number of carbonyl (C=O) groups is 2. The zero-order valence-electron chi connectivity index (χ0n) is 13.5. The van der Waals surface area contributed by atoms with Crippen molar-refractivity contribution in [1.29, 1.82) is 0 Å². The topological polar surface area (TPSA) is 84.9 Å². The number of anilines is 1. The molecule has 0 aromatic heterocycles. The zero-order chi connectivity index (χ0) is 16.8. The highest BCUT2D eigenvalue weighted by molar-refractivity contribution is 5.94. The molecule has 2 unspecified atom stereocenters. The molecule has 0 spiro atoms. The molecule has 2 N–H and O–H groups in total. The minimum absolute atomic E-state index is 0.0701. The molecule has 126 valence electrons. The number of carbonyl (C=O) groups excluding carboxylic acids is 1. The lowest BCUT2D eigenvalue weighted by molar-refractivity contribution is -0.117. The third kappa shape index (κ3) is 4.69. The summed E-state index contributed by atoms with van der Waals surface area (Å²) < 4.78 is 10.4. The van der Waals surface area contributed by atoms with Crippen molar-refractivity contribution in [3.63, 3.8) is 0 Å². The van der Waals surface area contributed by atoms with Crippen LogP contribution in [0, 0.1) is 5.92 Å². The molecule has 0 radical (unpaired) electrons. The Balaban J connectivity index is 1.96. The Morgan fingerprint density at radius 2 is 2.09 bits per heavy atom. The first-order valence-electron chi connectivity index (χ1n) is 7.77. The smallest absolute Gasteiger partial charge is 0.339 e. The van der Waals surface area contributed by atoms with Crippen LogP contribution in [0.5, 0.6) is 5.75 Å². The van der Waals surface area contributed by atoms with E-state index in [9.17, 15) is 9.59 Å². The van der Waals surface area contributed by atoms with Crippen LogP contribution in [0.3, 0.4) is 0 Å². The third-order valence-corrected chi connectivity index (χ3v) is 4.26. The maximum Gasteiger partial charge on any atom is 0.339 e. The molecular formula is C17H23NO5. The SMILES string of the molecule is COc1cc(NC(=O)CC2CCCC(OC)C2)ccc1C(=O)O. The number of hydrogen-bond donors (Lipinski definition) is 2. The average Bonchev–Trinajstić information content (AvgIpc) is 2.54. The van der Waals surface area contributed by atoms with E-state index in [2.05, 4.69) is 5.32 Å². The van der Waals surface area contributed by atoms with Crippen LogP contribution in [0.1, 0.15) is 42.5 Å². The summed E-state index contributed by atoms with van der Waals surface area (Å²) in [7, 11) is 3.11. The van der Waals surface area contributed by atoms with Crippen LogP contribution in [0.2, 0.25) is 0 Å². The highest BCUT2D eigenvalue weighted by atomic mass is 16.5. The summed E-state index contributed by atoms with van der Waals surface area (Å²) >= 11 is 0. The van der Waals surface area contributed by atoms with Gasteiger partial charge < -0.3 is 19.9 Å². The predicted molar refractivity (Wildman–Crippen MR) is 86.0 cm³/mol. The van der Waals surface area contributed by atoms with Crippen LogP contribution in [-0.4, -0.2) is 37.3 Å². The Hall–Kier alpha value is -2.08. The molecule has 23 heavy (non-hydrogen) atoms. The molecular weight excluding hydrogens is 298 g/mol. The summed E-state index contributed by atoms with van der Waals surface area (Å²) in [6, 6.07) is 4.53. The molecule has 1 saturated carbocycles. The fourth-order valence-electron chi connectivity index (χ4n) is 3.06. The van der Waals surface area contributed by atoms with Gasteiger partial charge in [0.05, 0.1) is 13.2 Å². The maximum absolute atomic E-state index is 12.2. The number of rotatable bonds is 6. The second kappa shape index (κ2) is 7.97. The highest BCUT2D eigenvalue weighted by Crippen LogP contribution is 2.29. The molecule has 0 heterocycles. The second-order valence-electron chi connectivity index (χ2n) is 5.86. The van der Waals surface area contributed by atoms with Gasteiger partial charge in [-0.15, -0.1) is 0 Å². The lowest BCUT2D eigenvalue weighted by Crippen LogP contribution is -2.25. The molecule has 1 aromatic rings. The van der Waals surface area contributed by atoms with E-state index in [1.807, 2.05) is 0 Å². The van der Waals surface area contributed by atoms with E-state index in [1.54, 1.807) is 13.2 Å². The van der Waals surface area contributed by atoms with Gasteiger partial charge >= 0.3 is 5.97 Å². The van der Waals surface area contributed by atoms with Gasteiger partial charge in [-0.3, -0.25) is 4.79 Å². The van der Waals surface area contributed by atoms with Crippen LogP contribution in [0.25, 0.3) is 0 Å². The van der Waals surface area contributed by atoms with E-state index in [1.165, 1.54) is 19.2 Å². The summed E-state index contributed by atoms with van der Waals surface area (Å²) in [4.78, 5) is 23.2. The molecule has 2 atom stereocenters. The van der Waals surface area contributed by atoms with Crippen LogP contribution in [-0.2, 0) is 9.53 Å². The number of carboxylic acid groups (broad SMARTS) is 1. The summed E-state index contributed by atoms with van der Waals surface area (Å²) in [5.41, 5.74) is 0.608. The van der Waals surface area contributed by atoms with Gasteiger partial charge in [0.2, 0.25) is 5.91 Å². The molecule has 2 rings (SSSR count). The van der Waals surface area contributed by atoms with Crippen LogP contribution < -0.4 is 10.1 Å². The van der Waals surface area contributed by atoms with Gasteiger partial charge in [0.25, 0.3) is 0 Å². The monoisotopic (exact) mass is 321 g/mol. The van der Waals surface area contributed by atoms with Crippen LogP contribution in [0.15, 0.2) is 18.2 Å². The minimum Gasteiger partial charge on any atom is -0.496 e. The quantitative estimate of drug-likeness (QED) is 0.841. The number of carboxylic acids is 1. The molecule has 6 heteroatoms.